The van der Waals surface area contributed by atoms with E-state index in [1.807, 2.05) is 0 Å². The van der Waals surface area contributed by atoms with Crippen molar-refractivity contribution in [3.63, 3.8) is 0 Å². The highest BCUT2D eigenvalue weighted by atomic mass is 19.1. The fourth-order valence-electron chi connectivity index (χ4n) is 3.99. The smallest absolute Gasteiger partial charge is 0.260 e. The summed E-state index contributed by atoms with van der Waals surface area (Å²) in [5.74, 6) is 2.39. The van der Waals surface area contributed by atoms with Gasteiger partial charge in [0.1, 0.15) is 11.6 Å². The van der Waals surface area contributed by atoms with E-state index in [1.54, 1.807) is 55.6 Å². The monoisotopic (exact) mass is 454 g/mol. The van der Waals surface area contributed by atoms with Crippen molar-refractivity contribution in [2.75, 3.05) is 33.9 Å². The van der Waals surface area contributed by atoms with Crippen LogP contribution in [0.1, 0.15) is 36.0 Å². The van der Waals surface area contributed by atoms with Crippen LogP contribution < -0.4 is 14.2 Å². The first-order valence-electron chi connectivity index (χ1n) is 10.9. The van der Waals surface area contributed by atoms with E-state index in [0.717, 1.165) is 18.4 Å². The lowest BCUT2D eigenvalue weighted by Gasteiger charge is -2.31. The highest BCUT2D eigenvalue weighted by Crippen LogP contribution is 2.37. The molecule has 1 aliphatic rings. The van der Waals surface area contributed by atoms with Crippen LogP contribution in [0.15, 0.2) is 53.1 Å². The van der Waals surface area contributed by atoms with Crippen molar-refractivity contribution >= 4 is 5.91 Å². The maximum absolute atomic E-state index is 13.1. The predicted octanol–water partition coefficient (Wildman–Crippen LogP) is 4.21. The molecule has 2 heterocycles. The highest BCUT2D eigenvalue weighted by Gasteiger charge is 2.28. The van der Waals surface area contributed by atoms with E-state index in [1.165, 1.54) is 12.1 Å². The third-order valence-electron chi connectivity index (χ3n) is 5.71. The quantitative estimate of drug-likeness (QED) is 0.508. The second-order valence-electron chi connectivity index (χ2n) is 7.93. The van der Waals surface area contributed by atoms with Crippen LogP contribution in [0, 0.1) is 5.82 Å². The van der Waals surface area contributed by atoms with Gasteiger partial charge in [-0.05, 0) is 42.7 Å². The van der Waals surface area contributed by atoms with Gasteiger partial charge in [-0.1, -0.05) is 18.2 Å². The number of rotatable bonds is 8. The number of nitrogens with zero attached hydrogens (tertiary/aromatic N) is 2. The van der Waals surface area contributed by atoms with Gasteiger partial charge in [0.2, 0.25) is 5.75 Å². The Balaban J connectivity index is 1.36. The summed E-state index contributed by atoms with van der Waals surface area (Å²) in [6, 6.07) is 11.6. The molecule has 1 fully saturated rings. The second-order valence-corrected chi connectivity index (χ2v) is 7.93. The summed E-state index contributed by atoms with van der Waals surface area (Å²) in [6.07, 6.45) is 3.99. The van der Waals surface area contributed by atoms with Crippen molar-refractivity contribution in [3.05, 3.63) is 71.7 Å². The number of carbonyl (C=O) groups excluding carboxylic acids is 1. The minimum atomic E-state index is -0.267. The minimum absolute atomic E-state index is 0.0189. The molecule has 0 radical (unpaired) electrons. The zero-order chi connectivity index (χ0) is 23.2. The van der Waals surface area contributed by atoms with Crippen LogP contribution >= 0.6 is 0 Å². The number of ether oxygens (including phenoxy) is 3. The number of halogens is 1. The summed E-state index contributed by atoms with van der Waals surface area (Å²) in [7, 11) is 3.08. The number of piperidine rings is 1. The van der Waals surface area contributed by atoms with Gasteiger partial charge in [0.05, 0.1) is 26.3 Å². The Morgan fingerprint density at radius 2 is 1.88 bits per heavy atom. The van der Waals surface area contributed by atoms with E-state index in [2.05, 4.69) is 4.98 Å². The summed E-state index contributed by atoms with van der Waals surface area (Å²) < 4.78 is 35.5. The third-order valence-corrected chi connectivity index (χ3v) is 5.71. The first kappa shape index (κ1) is 22.6. The van der Waals surface area contributed by atoms with Gasteiger partial charge in [-0.25, -0.2) is 9.37 Å². The molecule has 3 aromatic rings. The number of hydrogen-bond donors (Lipinski definition) is 0. The first-order valence-corrected chi connectivity index (χ1v) is 10.9. The van der Waals surface area contributed by atoms with Crippen LogP contribution in [0.5, 0.6) is 17.2 Å². The molecular formula is C25H27FN2O5. The second kappa shape index (κ2) is 10.4. The van der Waals surface area contributed by atoms with Crippen LogP contribution in [0.3, 0.4) is 0 Å². The summed E-state index contributed by atoms with van der Waals surface area (Å²) in [6.45, 7) is 1.05. The molecule has 1 amide bonds. The number of carbonyl (C=O) groups is 1. The Hall–Kier alpha value is -3.55. The molecule has 0 aliphatic carbocycles. The molecule has 0 saturated carbocycles. The molecule has 1 aliphatic heterocycles. The molecule has 0 bridgehead atoms. The molecule has 33 heavy (non-hydrogen) atoms. The molecular weight excluding hydrogens is 427 g/mol. The van der Waals surface area contributed by atoms with E-state index in [0.29, 0.717) is 48.4 Å². The number of likely N-dealkylation sites (tertiary alicyclic amines) is 1. The topological polar surface area (TPSA) is 74.0 Å². The van der Waals surface area contributed by atoms with E-state index < -0.39 is 0 Å². The van der Waals surface area contributed by atoms with Gasteiger partial charge < -0.3 is 23.5 Å². The van der Waals surface area contributed by atoms with Crippen molar-refractivity contribution in [2.24, 2.45) is 0 Å². The Labute approximate surface area is 192 Å². The van der Waals surface area contributed by atoms with Crippen molar-refractivity contribution < 1.29 is 27.8 Å². The molecule has 174 valence electrons. The molecule has 8 heteroatoms. The van der Waals surface area contributed by atoms with Crippen molar-refractivity contribution in [1.82, 2.24) is 9.88 Å². The summed E-state index contributed by atoms with van der Waals surface area (Å²) in [4.78, 5) is 19.1. The normalized spacial score (nSPS) is 15.8. The molecule has 0 unspecified atom stereocenters. The van der Waals surface area contributed by atoms with Crippen LogP contribution in [0.4, 0.5) is 4.39 Å². The number of para-hydroxylation sites is 1. The summed E-state index contributed by atoms with van der Waals surface area (Å²) in [5.41, 5.74) is 0.948. The fraction of sp³-hybridized carbons (Fsp3) is 0.360. The lowest BCUT2D eigenvalue weighted by atomic mass is 9.98. The van der Waals surface area contributed by atoms with E-state index in [-0.39, 0.29) is 24.2 Å². The van der Waals surface area contributed by atoms with Gasteiger partial charge in [-0.3, -0.25) is 4.79 Å². The Kier molecular flexibility index (Phi) is 7.12. The molecule has 1 saturated heterocycles. The number of hydrogen-bond acceptors (Lipinski definition) is 6. The number of oxazole rings is 1. The summed E-state index contributed by atoms with van der Waals surface area (Å²) >= 11 is 0. The zero-order valence-corrected chi connectivity index (χ0v) is 18.8. The van der Waals surface area contributed by atoms with Crippen molar-refractivity contribution in [1.29, 1.82) is 0 Å². The number of aromatic nitrogens is 1. The first-order chi connectivity index (χ1) is 16.1. The van der Waals surface area contributed by atoms with Gasteiger partial charge in [0.15, 0.2) is 24.0 Å². The Bertz CT molecular complexity index is 1060. The largest absolute Gasteiger partial charge is 0.493 e. The van der Waals surface area contributed by atoms with Crippen molar-refractivity contribution in [2.45, 2.75) is 25.2 Å². The molecule has 1 aromatic heterocycles. The predicted molar refractivity (Wildman–Crippen MR) is 119 cm³/mol. The molecule has 1 atom stereocenters. The minimum Gasteiger partial charge on any atom is -0.493 e. The number of benzene rings is 2. The molecule has 4 rings (SSSR count). The number of amides is 1. The average molecular weight is 454 g/mol. The van der Waals surface area contributed by atoms with Gasteiger partial charge in [-0.2, -0.15) is 0 Å². The lowest BCUT2D eigenvalue weighted by Crippen LogP contribution is -2.41. The van der Waals surface area contributed by atoms with Gasteiger partial charge in [0, 0.05) is 19.5 Å². The molecule has 0 spiro atoms. The summed E-state index contributed by atoms with van der Waals surface area (Å²) in [5, 5.41) is 0. The SMILES string of the molecule is COc1cccc(OC)c1OCC(=O)N1CCC[C@H](c2ncc(Cc3ccc(F)cc3)o2)C1. The molecule has 0 N–H and O–H groups in total. The van der Waals surface area contributed by atoms with E-state index in [9.17, 15) is 9.18 Å². The number of methoxy groups -OCH3 is 2. The molecule has 2 aromatic carbocycles. The maximum atomic E-state index is 13.1. The van der Waals surface area contributed by atoms with Crippen LogP contribution in [-0.4, -0.2) is 49.7 Å². The maximum Gasteiger partial charge on any atom is 0.260 e. The van der Waals surface area contributed by atoms with Crippen LogP contribution in [0.2, 0.25) is 0 Å². The highest BCUT2D eigenvalue weighted by molar-refractivity contribution is 5.78. The average Bonchev–Trinajstić information content (AvgIpc) is 3.32. The van der Waals surface area contributed by atoms with Crippen LogP contribution in [-0.2, 0) is 11.2 Å². The Morgan fingerprint density at radius 3 is 2.58 bits per heavy atom. The molecule has 7 nitrogen and oxygen atoms in total. The van der Waals surface area contributed by atoms with Gasteiger partial charge in [0.25, 0.3) is 5.91 Å². The van der Waals surface area contributed by atoms with E-state index in [4.69, 9.17) is 18.6 Å². The van der Waals surface area contributed by atoms with E-state index >= 15 is 0 Å². The Morgan fingerprint density at radius 1 is 1.15 bits per heavy atom. The third kappa shape index (κ3) is 5.45. The van der Waals surface area contributed by atoms with Crippen molar-refractivity contribution in [3.8, 4) is 17.2 Å². The van der Waals surface area contributed by atoms with Crippen LogP contribution in [0.25, 0.3) is 0 Å². The fourth-order valence-corrected chi connectivity index (χ4v) is 3.99. The van der Waals surface area contributed by atoms with Gasteiger partial charge in [-0.15, -0.1) is 0 Å². The lowest BCUT2D eigenvalue weighted by molar-refractivity contribution is -0.134. The zero-order valence-electron chi connectivity index (χ0n) is 18.8. The van der Waals surface area contributed by atoms with Gasteiger partial charge >= 0.3 is 0 Å². The standard InChI is InChI=1S/C25H27FN2O5/c1-30-21-6-3-7-22(31-2)24(21)32-16-23(29)28-12-4-5-18(15-28)25-27-14-20(33-25)13-17-8-10-19(26)11-9-17/h3,6-11,14,18H,4-5,12-13,15-16H2,1-2H3/t18-/m0/s1.